The summed E-state index contributed by atoms with van der Waals surface area (Å²) in [5, 5.41) is 9.43. The largest absolute Gasteiger partial charge is 0.338 e. The molecule has 1 aliphatic rings. The Kier molecular flexibility index (Phi) is 4.20. The van der Waals surface area contributed by atoms with E-state index in [1.807, 2.05) is 0 Å². The molecule has 0 bridgehead atoms. The molecule has 0 saturated carbocycles. The number of amides is 3. The molecule has 1 atom stereocenters. The van der Waals surface area contributed by atoms with Crippen molar-refractivity contribution in [1.82, 2.24) is 10.5 Å². The van der Waals surface area contributed by atoms with Crippen molar-refractivity contribution >= 4 is 35.1 Å². The highest BCUT2D eigenvalue weighted by atomic mass is 35.5. The average molecular weight is 335 g/mol. The van der Waals surface area contributed by atoms with Crippen LogP contribution in [0.4, 0.5) is 16.4 Å². The highest BCUT2D eigenvalue weighted by Gasteiger charge is 2.33. The minimum absolute atomic E-state index is 0.156. The van der Waals surface area contributed by atoms with Gasteiger partial charge in [0.2, 0.25) is 11.8 Å². The predicted octanol–water partition coefficient (Wildman–Crippen LogP) is 2.56. The third-order valence-corrected chi connectivity index (χ3v) is 3.77. The van der Waals surface area contributed by atoms with E-state index in [4.69, 9.17) is 16.1 Å². The van der Waals surface area contributed by atoms with Crippen molar-refractivity contribution in [2.75, 3.05) is 16.8 Å². The zero-order valence-electron chi connectivity index (χ0n) is 12.4. The second-order valence-electron chi connectivity index (χ2n) is 5.24. The van der Waals surface area contributed by atoms with E-state index in [2.05, 4.69) is 15.8 Å². The maximum Gasteiger partial charge on any atom is 0.322 e. The van der Waals surface area contributed by atoms with Gasteiger partial charge in [-0.3, -0.25) is 10.1 Å². The smallest absolute Gasteiger partial charge is 0.322 e. The average Bonchev–Trinajstić information content (AvgIpc) is 3.07. The van der Waals surface area contributed by atoms with Gasteiger partial charge in [-0.2, -0.15) is 0 Å². The van der Waals surface area contributed by atoms with Crippen LogP contribution < -0.4 is 15.5 Å². The summed E-state index contributed by atoms with van der Waals surface area (Å²) in [5.74, 6) is 0.0798. The molecule has 1 aromatic carbocycles. The lowest BCUT2D eigenvalue weighted by Crippen LogP contribution is -2.43. The van der Waals surface area contributed by atoms with E-state index in [1.165, 1.54) is 0 Å². The van der Waals surface area contributed by atoms with Gasteiger partial charge in [0.05, 0.1) is 5.69 Å². The Morgan fingerprint density at radius 3 is 2.78 bits per heavy atom. The molecule has 7 nitrogen and oxygen atoms in total. The van der Waals surface area contributed by atoms with Gasteiger partial charge in [-0.15, -0.1) is 0 Å². The summed E-state index contributed by atoms with van der Waals surface area (Å²) in [6, 6.07) is 7.52. The molecule has 1 aliphatic heterocycles. The van der Waals surface area contributed by atoms with Gasteiger partial charge in [0.1, 0.15) is 6.04 Å². The summed E-state index contributed by atoms with van der Waals surface area (Å²) >= 11 is 5.85. The number of nitrogens with zero attached hydrogens (tertiary/aromatic N) is 2. The number of carbonyl (C=O) groups excluding carboxylic acids is 2. The van der Waals surface area contributed by atoms with E-state index < -0.39 is 12.1 Å². The SMILES string of the molecule is Cc1cc(NC(=O)N[C@@H]2CCN(c3ccc(Cl)cc3)C2=O)on1. The van der Waals surface area contributed by atoms with E-state index in [0.29, 0.717) is 23.7 Å². The van der Waals surface area contributed by atoms with E-state index >= 15 is 0 Å². The van der Waals surface area contributed by atoms with Crippen LogP contribution in [-0.4, -0.2) is 29.7 Å². The second-order valence-corrected chi connectivity index (χ2v) is 5.67. The molecule has 0 unspecified atom stereocenters. The fourth-order valence-corrected chi connectivity index (χ4v) is 2.55. The molecule has 0 radical (unpaired) electrons. The van der Waals surface area contributed by atoms with Crippen LogP contribution in [0.1, 0.15) is 12.1 Å². The normalized spacial score (nSPS) is 17.4. The van der Waals surface area contributed by atoms with Crippen molar-refractivity contribution < 1.29 is 14.1 Å². The van der Waals surface area contributed by atoms with Gasteiger partial charge in [-0.05, 0) is 37.6 Å². The van der Waals surface area contributed by atoms with Gasteiger partial charge >= 0.3 is 6.03 Å². The Bertz CT molecular complexity index is 729. The van der Waals surface area contributed by atoms with Crippen LogP contribution in [0.5, 0.6) is 0 Å². The van der Waals surface area contributed by atoms with Gasteiger partial charge in [0.15, 0.2) is 0 Å². The molecular formula is C15H15ClN4O3. The number of anilines is 2. The zero-order valence-corrected chi connectivity index (χ0v) is 13.1. The number of nitrogens with one attached hydrogen (secondary N) is 2. The molecule has 1 saturated heterocycles. The highest BCUT2D eigenvalue weighted by molar-refractivity contribution is 6.30. The Hall–Kier alpha value is -2.54. The molecule has 3 rings (SSSR count). The predicted molar refractivity (Wildman–Crippen MR) is 85.6 cm³/mol. The van der Waals surface area contributed by atoms with Crippen LogP contribution >= 0.6 is 11.6 Å². The molecule has 3 amide bonds. The lowest BCUT2D eigenvalue weighted by molar-refractivity contribution is -0.118. The first-order chi connectivity index (χ1) is 11.0. The number of aromatic nitrogens is 1. The fourth-order valence-electron chi connectivity index (χ4n) is 2.42. The summed E-state index contributed by atoms with van der Waals surface area (Å²) < 4.78 is 4.90. The van der Waals surface area contributed by atoms with Gasteiger partial charge in [0, 0.05) is 23.3 Å². The molecule has 8 heteroatoms. The molecular weight excluding hydrogens is 320 g/mol. The minimum Gasteiger partial charge on any atom is -0.338 e. The Morgan fingerprint density at radius 2 is 2.13 bits per heavy atom. The summed E-state index contributed by atoms with van der Waals surface area (Å²) in [7, 11) is 0. The Labute approximate surface area is 137 Å². The third-order valence-electron chi connectivity index (χ3n) is 3.51. The van der Waals surface area contributed by atoms with Gasteiger partial charge in [-0.1, -0.05) is 16.8 Å². The summed E-state index contributed by atoms with van der Waals surface area (Å²) in [5.41, 5.74) is 1.42. The third kappa shape index (κ3) is 3.45. The zero-order chi connectivity index (χ0) is 16.4. The Balaban J connectivity index is 1.60. The van der Waals surface area contributed by atoms with Crippen molar-refractivity contribution in [3.8, 4) is 0 Å². The molecule has 120 valence electrons. The maximum absolute atomic E-state index is 12.4. The molecule has 0 spiro atoms. The van der Waals surface area contributed by atoms with Crippen LogP contribution in [-0.2, 0) is 4.79 Å². The van der Waals surface area contributed by atoms with E-state index in [1.54, 1.807) is 42.2 Å². The lowest BCUT2D eigenvalue weighted by Gasteiger charge is -2.17. The molecule has 1 fully saturated rings. The monoisotopic (exact) mass is 334 g/mol. The number of halogens is 1. The van der Waals surface area contributed by atoms with E-state index in [-0.39, 0.29) is 11.8 Å². The number of aryl methyl sites for hydroxylation is 1. The van der Waals surface area contributed by atoms with Crippen molar-refractivity contribution in [2.45, 2.75) is 19.4 Å². The van der Waals surface area contributed by atoms with Crippen LogP contribution in [0.2, 0.25) is 5.02 Å². The topological polar surface area (TPSA) is 87.5 Å². The standard InChI is InChI=1S/C15H15ClN4O3/c1-9-8-13(23-19-9)18-15(22)17-12-6-7-20(14(12)21)11-4-2-10(16)3-5-11/h2-5,8,12H,6-7H2,1H3,(H2,17,18,22)/t12-/m1/s1. The number of hydrogen-bond donors (Lipinski definition) is 2. The first kappa shape index (κ1) is 15.4. The number of carbonyl (C=O) groups is 2. The van der Waals surface area contributed by atoms with Crippen molar-refractivity contribution in [3.05, 3.63) is 41.0 Å². The fraction of sp³-hybridized carbons (Fsp3) is 0.267. The number of rotatable bonds is 3. The number of benzene rings is 1. The highest BCUT2D eigenvalue weighted by Crippen LogP contribution is 2.23. The van der Waals surface area contributed by atoms with Crippen LogP contribution in [0.15, 0.2) is 34.9 Å². The van der Waals surface area contributed by atoms with Crippen molar-refractivity contribution in [1.29, 1.82) is 0 Å². The quantitative estimate of drug-likeness (QED) is 0.903. The summed E-state index contributed by atoms with van der Waals surface area (Å²) in [6.07, 6.45) is 0.532. The van der Waals surface area contributed by atoms with Crippen LogP contribution in [0.25, 0.3) is 0 Å². The second kappa shape index (κ2) is 6.29. The summed E-state index contributed by atoms with van der Waals surface area (Å²) in [4.78, 5) is 25.9. The first-order valence-electron chi connectivity index (χ1n) is 7.11. The van der Waals surface area contributed by atoms with Crippen LogP contribution in [0, 0.1) is 6.92 Å². The van der Waals surface area contributed by atoms with Gasteiger partial charge in [-0.25, -0.2) is 4.79 Å². The van der Waals surface area contributed by atoms with Gasteiger partial charge < -0.3 is 14.7 Å². The van der Waals surface area contributed by atoms with Gasteiger partial charge in [0.25, 0.3) is 0 Å². The lowest BCUT2D eigenvalue weighted by atomic mass is 10.2. The van der Waals surface area contributed by atoms with Crippen molar-refractivity contribution in [3.63, 3.8) is 0 Å². The molecule has 2 N–H and O–H groups in total. The maximum atomic E-state index is 12.4. The van der Waals surface area contributed by atoms with E-state index in [9.17, 15) is 9.59 Å². The van der Waals surface area contributed by atoms with E-state index in [0.717, 1.165) is 5.69 Å². The number of urea groups is 1. The molecule has 23 heavy (non-hydrogen) atoms. The molecule has 1 aromatic heterocycles. The molecule has 2 aromatic rings. The minimum atomic E-state index is -0.574. The molecule has 2 heterocycles. The number of hydrogen-bond acceptors (Lipinski definition) is 4. The van der Waals surface area contributed by atoms with Crippen LogP contribution in [0.3, 0.4) is 0 Å². The summed E-state index contributed by atoms with van der Waals surface area (Å²) in [6.45, 7) is 2.28. The van der Waals surface area contributed by atoms with Crippen molar-refractivity contribution in [2.24, 2.45) is 0 Å². The first-order valence-corrected chi connectivity index (χ1v) is 7.48. The Morgan fingerprint density at radius 1 is 1.39 bits per heavy atom. The molecule has 0 aliphatic carbocycles.